The number of rotatable bonds is 5. The molecule has 0 radical (unpaired) electrons. The van der Waals surface area contributed by atoms with Gasteiger partial charge in [0, 0.05) is 6.54 Å². The van der Waals surface area contributed by atoms with Gasteiger partial charge in [0.25, 0.3) is 0 Å². The van der Waals surface area contributed by atoms with E-state index in [0.717, 1.165) is 18.5 Å². The van der Waals surface area contributed by atoms with Crippen LogP contribution in [0.15, 0.2) is 24.3 Å². The van der Waals surface area contributed by atoms with E-state index in [-0.39, 0.29) is 0 Å². The Kier molecular flexibility index (Phi) is 4.81. The molecule has 1 aromatic carbocycles. The van der Waals surface area contributed by atoms with E-state index in [1.807, 2.05) is 18.2 Å². The summed E-state index contributed by atoms with van der Waals surface area (Å²) in [4.78, 5) is 2.20. The minimum Gasteiger partial charge on any atom is -0.508 e. The van der Waals surface area contributed by atoms with Gasteiger partial charge in [-0.1, -0.05) is 32.0 Å². The first-order valence-electron chi connectivity index (χ1n) is 5.98. The standard InChI is InChI=1S/C14H23NO/c1-5-12(11(2)10-15(3)4)13-8-6-7-9-14(13)16/h6-9,11-12,16H,5,10H2,1-4H3/t11-,12+/m1/s1. The Morgan fingerprint density at radius 1 is 1.25 bits per heavy atom. The van der Waals surface area contributed by atoms with Gasteiger partial charge in [-0.25, -0.2) is 0 Å². The van der Waals surface area contributed by atoms with Crippen molar-refractivity contribution in [2.45, 2.75) is 26.2 Å². The summed E-state index contributed by atoms with van der Waals surface area (Å²) >= 11 is 0. The number of phenols is 1. The van der Waals surface area contributed by atoms with E-state index in [9.17, 15) is 5.11 Å². The minimum atomic E-state index is 0.431. The fraction of sp³-hybridized carbons (Fsp3) is 0.571. The molecule has 1 rings (SSSR count). The Balaban J connectivity index is 2.86. The van der Waals surface area contributed by atoms with Gasteiger partial charge in [-0.15, -0.1) is 0 Å². The molecule has 0 aromatic heterocycles. The molecule has 0 fully saturated rings. The highest BCUT2D eigenvalue weighted by atomic mass is 16.3. The van der Waals surface area contributed by atoms with Gasteiger partial charge in [0.15, 0.2) is 0 Å². The van der Waals surface area contributed by atoms with E-state index in [1.165, 1.54) is 0 Å². The van der Waals surface area contributed by atoms with Crippen molar-refractivity contribution < 1.29 is 5.11 Å². The number of nitrogens with zero attached hydrogens (tertiary/aromatic N) is 1. The van der Waals surface area contributed by atoms with Crippen LogP contribution in [0.1, 0.15) is 31.7 Å². The summed E-state index contributed by atoms with van der Waals surface area (Å²) < 4.78 is 0. The number of aromatic hydroxyl groups is 1. The number of para-hydroxylation sites is 1. The van der Waals surface area contributed by atoms with Gasteiger partial charge in [0.2, 0.25) is 0 Å². The molecule has 0 unspecified atom stereocenters. The lowest BCUT2D eigenvalue weighted by atomic mass is 9.84. The zero-order valence-electron chi connectivity index (χ0n) is 10.8. The molecule has 16 heavy (non-hydrogen) atoms. The molecule has 0 aliphatic heterocycles. The first-order valence-corrected chi connectivity index (χ1v) is 5.98. The molecule has 0 saturated heterocycles. The van der Waals surface area contributed by atoms with Crippen LogP contribution in [0.3, 0.4) is 0 Å². The fourth-order valence-electron chi connectivity index (χ4n) is 2.43. The zero-order chi connectivity index (χ0) is 12.1. The average Bonchev–Trinajstić information content (AvgIpc) is 2.20. The molecule has 0 bridgehead atoms. The second-order valence-electron chi connectivity index (χ2n) is 4.81. The fourth-order valence-corrected chi connectivity index (χ4v) is 2.43. The smallest absolute Gasteiger partial charge is 0.119 e. The lowest BCUT2D eigenvalue weighted by Gasteiger charge is -2.26. The quantitative estimate of drug-likeness (QED) is 0.826. The summed E-state index contributed by atoms with van der Waals surface area (Å²) in [7, 11) is 4.18. The molecule has 0 saturated carbocycles. The summed E-state index contributed by atoms with van der Waals surface area (Å²) in [6.45, 7) is 5.48. The summed E-state index contributed by atoms with van der Waals surface area (Å²) in [5.41, 5.74) is 1.08. The number of benzene rings is 1. The van der Waals surface area contributed by atoms with Crippen LogP contribution in [0.2, 0.25) is 0 Å². The van der Waals surface area contributed by atoms with Crippen LogP contribution in [0.5, 0.6) is 5.75 Å². The Labute approximate surface area is 98.9 Å². The van der Waals surface area contributed by atoms with Gasteiger partial charge in [-0.3, -0.25) is 0 Å². The van der Waals surface area contributed by atoms with Gasteiger partial charge >= 0.3 is 0 Å². The van der Waals surface area contributed by atoms with Gasteiger partial charge in [0.05, 0.1) is 0 Å². The normalized spacial score (nSPS) is 15.1. The number of hydrogen-bond donors (Lipinski definition) is 1. The van der Waals surface area contributed by atoms with E-state index < -0.39 is 0 Å². The van der Waals surface area contributed by atoms with Crippen LogP contribution in [-0.2, 0) is 0 Å². The van der Waals surface area contributed by atoms with Crippen molar-refractivity contribution in [2.24, 2.45) is 5.92 Å². The highest BCUT2D eigenvalue weighted by Gasteiger charge is 2.20. The Hall–Kier alpha value is -1.02. The number of phenolic OH excluding ortho intramolecular Hbond substituents is 1. The van der Waals surface area contributed by atoms with Crippen molar-refractivity contribution in [2.75, 3.05) is 20.6 Å². The Bertz CT molecular complexity index is 322. The van der Waals surface area contributed by atoms with Gasteiger partial charge in [0.1, 0.15) is 5.75 Å². The lowest BCUT2D eigenvalue weighted by molar-refractivity contribution is 0.298. The summed E-state index contributed by atoms with van der Waals surface area (Å²) in [6, 6.07) is 7.69. The average molecular weight is 221 g/mol. The first-order chi connectivity index (χ1) is 7.56. The van der Waals surface area contributed by atoms with Crippen molar-refractivity contribution >= 4 is 0 Å². The molecule has 2 nitrogen and oxygen atoms in total. The maximum atomic E-state index is 9.88. The third-order valence-corrected chi connectivity index (χ3v) is 3.12. The van der Waals surface area contributed by atoms with Crippen molar-refractivity contribution in [3.05, 3.63) is 29.8 Å². The van der Waals surface area contributed by atoms with E-state index in [2.05, 4.69) is 32.8 Å². The second-order valence-corrected chi connectivity index (χ2v) is 4.81. The first kappa shape index (κ1) is 13.0. The molecule has 0 amide bonds. The largest absolute Gasteiger partial charge is 0.508 e. The molecule has 0 aliphatic carbocycles. The van der Waals surface area contributed by atoms with Crippen LogP contribution >= 0.6 is 0 Å². The van der Waals surface area contributed by atoms with Crippen LogP contribution < -0.4 is 0 Å². The van der Waals surface area contributed by atoms with Crippen LogP contribution in [0.25, 0.3) is 0 Å². The third kappa shape index (κ3) is 3.24. The van der Waals surface area contributed by atoms with Gasteiger partial charge < -0.3 is 10.0 Å². The monoisotopic (exact) mass is 221 g/mol. The van der Waals surface area contributed by atoms with E-state index in [0.29, 0.717) is 17.6 Å². The van der Waals surface area contributed by atoms with Crippen LogP contribution in [0, 0.1) is 5.92 Å². The van der Waals surface area contributed by atoms with E-state index in [1.54, 1.807) is 6.07 Å². The summed E-state index contributed by atoms with van der Waals surface area (Å²) in [6.07, 6.45) is 1.06. The van der Waals surface area contributed by atoms with Crippen molar-refractivity contribution in [1.82, 2.24) is 4.90 Å². The lowest BCUT2D eigenvalue weighted by Crippen LogP contribution is -2.24. The van der Waals surface area contributed by atoms with Crippen LogP contribution in [-0.4, -0.2) is 30.6 Å². The predicted molar refractivity (Wildman–Crippen MR) is 68.9 cm³/mol. The molecular formula is C14H23NO. The molecule has 90 valence electrons. The van der Waals surface area contributed by atoms with Gasteiger partial charge in [-0.2, -0.15) is 0 Å². The third-order valence-electron chi connectivity index (χ3n) is 3.12. The Morgan fingerprint density at radius 2 is 1.88 bits per heavy atom. The van der Waals surface area contributed by atoms with E-state index >= 15 is 0 Å². The molecule has 1 aromatic rings. The van der Waals surface area contributed by atoms with E-state index in [4.69, 9.17) is 0 Å². The predicted octanol–water partition coefficient (Wildman–Crippen LogP) is 3.08. The SMILES string of the molecule is CC[C@H](c1ccccc1O)[C@H](C)CN(C)C. The molecule has 0 heterocycles. The zero-order valence-corrected chi connectivity index (χ0v) is 10.8. The molecular weight excluding hydrogens is 198 g/mol. The molecule has 2 heteroatoms. The topological polar surface area (TPSA) is 23.5 Å². The van der Waals surface area contributed by atoms with Crippen LogP contribution in [0.4, 0.5) is 0 Å². The maximum Gasteiger partial charge on any atom is 0.119 e. The maximum absolute atomic E-state index is 9.88. The minimum absolute atomic E-state index is 0.431. The highest BCUT2D eigenvalue weighted by Crippen LogP contribution is 2.33. The summed E-state index contributed by atoms with van der Waals surface area (Å²) in [5.74, 6) is 1.41. The molecule has 2 atom stereocenters. The van der Waals surface area contributed by atoms with Crippen molar-refractivity contribution in [3.8, 4) is 5.75 Å². The second kappa shape index (κ2) is 5.90. The van der Waals surface area contributed by atoms with Gasteiger partial charge in [-0.05, 0) is 44.0 Å². The highest BCUT2D eigenvalue weighted by molar-refractivity contribution is 5.35. The Morgan fingerprint density at radius 3 is 2.38 bits per heavy atom. The molecule has 1 N–H and O–H groups in total. The number of hydrogen-bond acceptors (Lipinski definition) is 2. The molecule has 0 spiro atoms. The van der Waals surface area contributed by atoms with Crippen molar-refractivity contribution in [1.29, 1.82) is 0 Å². The summed E-state index contributed by atoms with van der Waals surface area (Å²) in [5, 5.41) is 9.88. The van der Waals surface area contributed by atoms with Crippen molar-refractivity contribution in [3.63, 3.8) is 0 Å². The molecule has 0 aliphatic rings.